The van der Waals surface area contributed by atoms with Crippen molar-refractivity contribution in [1.29, 1.82) is 0 Å². The second-order valence-corrected chi connectivity index (χ2v) is 17.0. The highest BCUT2D eigenvalue weighted by molar-refractivity contribution is 7.14. The van der Waals surface area contributed by atoms with Crippen LogP contribution in [-0.2, 0) is 38.2 Å². The molecular weight excluding hydrogens is 787 g/mol. The first-order chi connectivity index (χ1) is 27.9. The van der Waals surface area contributed by atoms with Gasteiger partial charge >= 0.3 is 24.2 Å². The smallest absolute Gasteiger partial charge is 0.413 e. The lowest BCUT2D eigenvalue weighted by molar-refractivity contribution is -0.164. The third-order valence-corrected chi connectivity index (χ3v) is 9.68. The molecule has 1 aromatic heterocycles. The zero-order valence-corrected chi connectivity index (χ0v) is 34.3. The van der Waals surface area contributed by atoms with E-state index in [-0.39, 0.29) is 43.3 Å². The summed E-state index contributed by atoms with van der Waals surface area (Å²) in [6.07, 6.45) is -3.05. The lowest BCUT2D eigenvalue weighted by Gasteiger charge is -2.38. The number of β-lactam (4-membered cyclic amide) rings is 1. The third-order valence-electron chi connectivity index (χ3n) is 8.93. The lowest BCUT2D eigenvalue weighted by Crippen LogP contribution is -2.72. The number of nitrogens with one attached hydrogen (secondary N) is 4. The van der Waals surface area contributed by atoms with Crippen molar-refractivity contribution in [2.24, 2.45) is 5.16 Å². The number of rotatable bonds is 14. The summed E-state index contributed by atoms with van der Waals surface area (Å²) < 4.78 is 22.0. The minimum atomic E-state index is -1.51. The Kier molecular flexibility index (Phi) is 12.4. The number of thiazole rings is 1. The number of anilines is 1. The number of hydrogen-bond donors (Lipinski definition) is 4. The first-order valence-corrected chi connectivity index (χ1v) is 19.8. The van der Waals surface area contributed by atoms with Gasteiger partial charge < -0.3 is 44.6 Å². The highest BCUT2D eigenvalue weighted by atomic mass is 32.1. The van der Waals surface area contributed by atoms with Crippen molar-refractivity contribution in [3.05, 3.63) is 82.9 Å². The zero-order chi connectivity index (χ0) is 42.5. The van der Waals surface area contributed by atoms with Crippen molar-refractivity contribution in [1.82, 2.24) is 25.8 Å². The molecule has 2 aromatic carbocycles. The van der Waals surface area contributed by atoms with Crippen LogP contribution in [0.3, 0.4) is 0 Å². The van der Waals surface area contributed by atoms with Crippen molar-refractivity contribution in [2.45, 2.75) is 95.5 Å². The first kappa shape index (κ1) is 42.4. The Bertz CT molecular complexity index is 2040. The quantitative estimate of drug-likeness (QED) is 0.0583. The number of benzene rings is 2. The van der Waals surface area contributed by atoms with Gasteiger partial charge in [0.25, 0.3) is 5.91 Å². The molecule has 2 aliphatic heterocycles. The highest BCUT2D eigenvalue weighted by Crippen LogP contribution is 2.43. The average molecular weight is 834 g/mol. The molecule has 3 heterocycles. The fraction of sp³-hybridized carbons (Fsp3) is 0.450. The molecule has 0 radical (unpaired) electrons. The number of esters is 1. The summed E-state index contributed by atoms with van der Waals surface area (Å²) in [7, 11) is 0. The molecule has 59 heavy (non-hydrogen) atoms. The summed E-state index contributed by atoms with van der Waals surface area (Å²) in [5.41, 5.74) is -1.96. The molecule has 3 aliphatic rings. The van der Waals surface area contributed by atoms with Crippen LogP contribution in [0.4, 0.5) is 19.5 Å². The molecular formula is C40H47N7O11S. The van der Waals surface area contributed by atoms with Crippen molar-refractivity contribution >= 4 is 58.2 Å². The highest BCUT2D eigenvalue weighted by Gasteiger charge is 2.56. The molecule has 1 saturated carbocycles. The van der Waals surface area contributed by atoms with E-state index < -0.39 is 82.9 Å². The number of carbonyl (C=O) groups is 6. The van der Waals surface area contributed by atoms with Crippen LogP contribution < -0.4 is 21.3 Å². The molecule has 18 nitrogen and oxygen atoms in total. The summed E-state index contributed by atoms with van der Waals surface area (Å²) in [6, 6.07) is 16.6. The molecule has 6 rings (SSSR count). The normalized spacial score (nSPS) is 19.7. The summed E-state index contributed by atoms with van der Waals surface area (Å²) in [5.74, 6) is -2.11. The van der Waals surface area contributed by atoms with Crippen LogP contribution in [0.25, 0.3) is 0 Å². The maximum Gasteiger partial charge on any atom is 0.413 e. The Labute approximate surface area is 344 Å². The second-order valence-electron chi connectivity index (χ2n) is 16.2. The minimum Gasteiger partial charge on any atom is -0.450 e. The van der Waals surface area contributed by atoms with Crippen LogP contribution in [0.5, 0.6) is 0 Å². The van der Waals surface area contributed by atoms with Gasteiger partial charge in [-0.1, -0.05) is 65.8 Å². The van der Waals surface area contributed by atoms with Gasteiger partial charge in [0.1, 0.15) is 29.0 Å². The Morgan fingerprint density at radius 3 is 2.14 bits per heavy atom. The number of amides is 5. The maximum atomic E-state index is 14.0. The molecule has 2 saturated heterocycles. The maximum absolute atomic E-state index is 14.0. The van der Waals surface area contributed by atoms with E-state index in [1.165, 1.54) is 10.3 Å². The number of ether oxygens (including phenoxy) is 4. The predicted octanol–water partition coefficient (Wildman–Crippen LogP) is 4.40. The van der Waals surface area contributed by atoms with E-state index in [9.17, 15) is 28.8 Å². The molecule has 0 spiro atoms. The molecule has 3 fully saturated rings. The van der Waals surface area contributed by atoms with Crippen LogP contribution in [0, 0.1) is 0 Å². The van der Waals surface area contributed by atoms with Crippen molar-refractivity contribution in [3.63, 3.8) is 0 Å². The van der Waals surface area contributed by atoms with Gasteiger partial charge in [0.05, 0.1) is 19.1 Å². The van der Waals surface area contributed by atoms with Crippen LogP contribution in [0.15, 0.2) is 71.2 Å². The summed E-state index contributed by atoms with van der Waals surface area (Å²) in [4.78, 5) is 89.4. The Balaban J connectivity index is 1.16. The zero-order valence-electron chi connectivity index (χ0n) is 33.4. The lowest BCUT2D eigenvalue weighted by atomic mass is 9.98. The number of hydrogen-bond acceptors (Lipinski definition) is 14. The number of carbonyl (C=O) groups excluding carboxylic acids is 6. The van der Waals surface area contributed by atoms with Crippen LogP contribution >= 0.6 is 11.3 Å². The van der Waals surface area contributed by atoms with Crippen LogP contribution in [0.2, 0.25) is 0 Å². The SMILES string of the molecule is CC(C)(C)OC(=O)NC[C@@H]1CN(C[C@H]2NC(=O)[C@H]2NC(=O)/C(=N/OC2(C(=O)OC(c3ccccc3)c3ccccc3)CC2)c2csc(NC(=O)OC(C)(C)C)n2)C(=O)O1. The molecule has 1 aliphatic carbocycles. The average Bonchev–Trinajstić information content (AvgIpc) is 3.69. The second kappa shape index (κ2) is 17.3. The monoisotopic (exact) mass is 833 g/mol. The van der Waals surface area contributed by atoms with Gasteiger partial charge in [0.2, 0.25) is 11.5 Å². The Morgan fingerprint density at radius 1 is 0.949 bits per heavy atom. The van der Waals surface area contributed by atoms with Gasteiger partial charge in [-0.2, -0.15) is 0 Å². The van der Waals surface area contributed by atoms with Crippen LogP contribution in [-0.4, -0.2) is 106 Å². The van der Waals surface area contributed by atoms with Gasteiger partial charge in [-0.3, -0.25) is 14.9 Å². The fourth-order valence-corrected chi connectivity index (χ4v) is 6.64. The van der Waals surface area contributed by atoms with Crippen molar-refractivity contribution in [2.75, 3.05) is 25.0 Å². The molecule has 314 valence electrons. The Hall–Kier alpha value is -6.24. The van der Waals surface area contributed by atoms with Gasteiger partial charge in [-0.05, 0) is 52.7 Å². The summed E-state index contributed by atoms with van der Waals surface area (Å²) >= 11 is 0.976. The van der Waals surface area contributed by atoms with E-state index in [0.29, 0.717) is 0 Å². The first-order valence-electron chi connectivity index (χ1n) is 18.9. The van der Waals surface area contributed by atoms with Gasteiger partial charge in [0, 0.05) is 24.8 Å². The van der Waals surface area contributed by atoms with E-state index in [1.807, 2.05) is 60.7 Å². The summed E-state index contributed by atoms with van der Waals surface area (Å²) in [6.45, 7) is 10.3. The fourth-order valence-electron chi connectivity index (χ4n) is 5.96. The van der Waals surface area contributed by atoms with E-state index in [4.69, 9.17) is 23.8 Å². The predicted molar refractivity (Wildman–Crippen MR) is 212 cm³/mol. The molecule has 0 unspecified atom stereocenters. The largest absolute Gasteiger partial charge is 0.450 e. The van der Waals surface area contributed by atoms with Crippen LogP contribution in [0.1, 0.15) is 77.3 Å². The van der Waals surface area contributed by atoms with E-state index in [0.717, 1.165) is 22.5 Å². The number of cyclic esters (lactones) is 1. The van der Waals surface area contributed by atoms with E-state index in [1.54, 1.807) is 41.5 Å². The third kappa shape index (κ3) is 11.2. The van der Waals surface area contributed by atoms with Gasteiger partial charge in [0.15, 0.2) is 16.9 Å². The van der Waals surface area contributed by atoms with E-state index in [2.05, 4.69) is 31.4 Å². The standard InChI is InChI=1S/C40H47N7O11S/c1-38(2,3)56-35(51)41-19-25-20-47(37(53)54-25)21-26-28(31(48)42-26)44-32(49)29(27-22-59-34(43-27)45-36(52)57-39(4,5)6)46-58-40(17-18-40)33(50)55-30(23-13-9-7-10-14-23)24-15-11-8-12-16-24/h7-16,22,25-26,28,30H,17-21H2,1-6H3,(H,41,51)(H,42,48)(H,44,49)(H,43,45,52)/b46-29+/t25-,26-,28+/m1/s1. The number of alkyl carbamates (subject to hydrolysis) is 1. The number of nitrogens with zero attached hydrogens (tertiary/aromatic N) is 3. The number of oxime groups is 1. The number of aromatic nitrogens is 1. The Morgan fingerprint density at radius 2 is 1.56 bits per heavy atom. The van der Waals surface area contributed by atoms with Crippen molar-refractivity contribution < 1.29 is 52.6 Å². The minimum absolute atomic E-state index is 0.000776. The van der Waals surface area contributed by atoms with Gasteiger partial charge in [-0.25, -0.2) is 24.2 Å². The molecule has 3 atom stereocenters. The molecule has 3 aromatic rings. The topological polar surface area (TPSA) is 225 Å². The molecule has 4 N–H and O–H groups in total. The van der Waals surface area contributed by atoms with Gasteiger partial charge in [-0.15, -0.1) is 11.3 Å². The molecule has 0 bridgehead atoms. The van der Waals surface area contributed by atoms with E-state index >= 15 is 0 Å². The molecule has 19 heteroatoms. The van der Waals surface area contributed by atoms with Crippen molar-refractivity contribution in [3.8, 4) is 0 Å². The summed E-state index contributed by atoms with van der Waals surface area (Å²) in [5, 5.41) is 16.1. The molecule has 5 amide bonds.